The van der Waals surface area contributed by atoms with Gasteiger partial charge >= 0.3 is 0 Å². The summed E-state index contributed by atoms with van der Waals surface area (Å²) in [5.74, 6) is 2.24. The molecule has 0 fully saturated rings. The molecule has 1 N–H and O–H groups in total. The zero-order valence-electron chi connectivity index (χ0n) is 21.9. The Morgan fingerprint density at radius 3 is 2.65 bits per heavy atom. The van der Waals surface area contributed by atoms with Gasteiger partial charge in [-0.05, 0) is 74.6 Å². The summed E-state index contributed by atoms with van der Waals surface area (Å²) in [5.41, 5.74) is 4.77. The molecule has 3 aromatic carbocycles. The maximum Gasteiger partial charge on any atom is 0.252 e. The highest BCUT2D eigenvalue weighted by molar-refractivity contribution is 5.95. The Bertz CT molecular complexity index is 1380. The highest BCUT2D eigenvalue weighted by Crippen LogP contribution is 2.29. The van der Waals surface area contributed by atoms with Gasteiger partial charge in [0.15, 0.2) is 11.5 Å². The second-order valence-corrected chi connectivity index (χ2v) is 9.15. The fraction of sp³-hybridized carbons (Fsp3) is 0.290. The Morgan fingerprint density at radius 1 is 1.08 bits per heavy atom. The van der Waals surface area contributed by atoms with Gasteiger partial charge in [0, 0.05) is 12.1 Å². The normalized spacial score (nSPS) is 11.8. The number of benzene rings is 3. The van der Waals surface area contributed by atoms with E-state index in [1.165, 1.54) is 0 Å². The van der Waals surface area contributed by atoms with Crippen molar-refractivity contribution < 1.29 is 14.3 Å². The molecule has 0 spiro atoms. The number of aryl methyl sites for hydroxylation is 2. The fourth-order valence-corrected chi connectivity index (χ4v) is 4.51. The number of aromatic nitrogens is 2. The number of nitrogens with one attached hydrogen (secondary N) is 1. The number of carbonyl (C=O) groups is 1. The lowest BCUT2D eigenvalue weighted by Crippen LogP contribution is -2.29. The lowest BCUT2D eigenvalue weighted by atomic mass is 10.1. The minimum absolute atomic E-state index is 0.0920. The summed E-state index contributed by atoms with van der Waals surface area (Å²) in [6.45, 7) is 9.08. The number of unbranched alkanes of at least 4 members (excludes halogenated alkanes) is 1. The summed E-state index contributed by atoms with van der Waals surface area (Å²) in [4.78, 5) is 17.8. The smallest absolute Gasteiger partial charge is 0.252 e. The van der Waals surface area contributed by atoms with Crippen molar-refractivity contribution in [3.63, 3.8) is 0 Å². The van der Waals surface area contributed by atoms with E-state index in [4.69, 9.17) is 14.5 Å². The number of fused-ring (bicyclic) bond motifs is 1. The van der Waals surface area contributed by atoms with Gasteiger partial charge < -0.3 is 19.4 Å². The van der Waals surface area contributed by atoms with Crippen LogP contribution in [0, 0.1) is 6.92 Å². The maximum atomic E-state index is 12.9. The van der Waals surface area contributed by atoms with Gasteiger partial charge in [-0.2, -0.15) is 0 Å². The van der Waals surface area contributed by atoms with Crippen LogP contribution in [-0.2, 0) is 13.0 Å². The minimum Gasteiger partial charge on any atom is -0.493 e. The van der Waals surface area contributed by atoms with Crippen LogP contribution in [0.5, 0.6) is 11.5 Å². The second-order valence-electron chi connectivity index (χ2n) is 9.15. The van der Waals surface area contributed by atoms with Gasteiger partial charge in [0.2, 0.25) is 0 Å². The predicted molar refractivity (Wildman–Crippen MR) is 148 cm³/mol. The number of hydrogen-bond acceptors (Lipinski definition) is 4. The number of carbonyl (C=O) groups excluding carboxylic acids is 1. The first-order valence-corrected chi connectivity index (χ1v) is 12.7. The van der Waals surface area contributed by atoms with E-state index < -0.39 is 0 Å². The molecule has 0 bridgehead atoms. The van der Waals surface area contributed by atoms with Crippen molar-refractivity contribution >= 4 is 16.9 Å². The molecule has 37 heavy (non-hydrogen) atoms. The van der Waals surface area contributed by atoms with Crippen LogP contribution in [0.25, 0.3) is 11.0 Å². The van der Waals surface area contributed by atoms with Crippen molar-refractivity contribution in [2.24, 2.45) is 0 Å². The first kappa shape index (κ1) is 26.0. The molecule has 0 radical (unpaired) electrons. The molecule has 0 aliphatic carbocycles. The molecule has 6 heteroatoms. The Balaban J connectivity index is 1.41. The molecule has 0 saturated heterocycles. The lowest BCUT2D eigenvalue weighted by Gasteiger charge is -2.17. The maximum absolute atomic E-state index is 12.9. The largest absolute Gasteiger partial charge is 0.493 e. The van der Waals surface area contributed by atoms with Gasteiger partial charge in [0.05, 0.1) is 30.8 Å². The molecule has 1 aromatic heterocycles. The van der Waals surface area contributed by atoms with Gasteiger partial charge in [-0.25, -0.2) is 4.98 Å². The zero-order valence-corrected chi connectivity index (χ0v) is 21.9. The van der Waals surface area contributed by atoms with E-state index in [0.29, 0.717) is 12.2 Å². The van der Waals surface area contributed by atoms with E-state index in [1.807, 2.05) is 80.6 Å². The van der Waals surface area contributed by atoms with Crippen molar-refractivity contribution in [2.75, 3.05) is 13.7 Å². The van der Waals surface area contributed by atoms with E-state index in [2.05, 4.69) is 22.5 Å². The molecule has 1 heterocycles. The lowest BCUT2D eigenvalue weighted by molar-refractivity contribution is 0.0937. The third-order valence-corrected chi connectivity index (χ3v) is 6.45. The monoisotopic (exact) mass is 497 g/mol. The van der Waals surface area contributed by atoms with Crippen LogP contribution in [-0.4, -0.2) is 29.2 Å². The van der Waals surface area contributed by atoms with Crippen LogP contribution >= 0.6 is 0 Å². The van der Waals surface area contributed by atoms with Crippen LogP contribution in [0.4, 0.5) is 0 Å². The Hall–Kier alpha value is -4.06. The predicted octanol–water partition coefficient (Wildman–Crippen LogP) is 6.43. The van der Waals surface area contributed by atoms with Crippen molar-refractivity contribution in [2.45, 2.75) is 45.7 Å². The number of methoxy groups -OCH3 is 1. The average molecular weight is 498 g/mol. The van der Waals surface area contributed by atoms with Crippen LogP contribution in [0.3, 0.4) is 0 Å². The number of nitrogens with zero attached hydrogens (tertiary/aromatic N) is 2. The highest BCUT2D eigenvalue weighted by Gasteiger charge is 2.19. The number of para-hydroxylation sites is 2. The third-order valence-electron chi connectivity index (χ3n) is 6.45. The van der Waals surface area contributed by atoms with Crippen LogP contribution in [0.15, 0.2) is 79.4 Å². The second kappa shape index (κ2) is 12.3. The fourth-order valence-electron chi connectivity index (χ4n) is 4.51. The van der Waals surface area contributed by atoms with E-state index in [9.17, 15) is 4.79 Å². The van der Waals surface area contributed by atoms with Gasteiger partial charge in [-0.15, -0.1) is 6.58 Å². The van der Waals surface area contributed by atoms with Crippen LogP contribution < -0.4 is 14.8 Å². The van der Waals surface area contributed by atoms with Crippen molar-refractivity contribution in [1.29, 1.82) is 0 Å². The summed E-state index contributed by atoms with van der Waals surface area (Å²) in [6, 6.07) is 21.5. The zero-order chi connectivity index (χ0) is 26.2. The summed E-state index contributed by atoms with van der Waals surface area (Å²) < 4.78 is 13.7. The first-order chi connectivity index (χ1) is 18.0. The van der Waals surface area contributed by atoms with Crippen molar-refractivity contribution in [3.05, 3.63) is 102 Å². The molecule has 0 aliphatic rings. The Labute approximate surface area is 218 Å². The van der Waals surface area contributed by atoms with Gasteiger partial charge in [-0.3, -0.25) is 4.79 Å². The molecular weight excluding hydrogens is 462 g/mol. The average Bonchev–Trinajstić information content (AvgIpc) is 3.28. The number of allylic oxidation sites excluding steroid dienone is 1. The molecule has 1 atom stereocenters. The summed E-state index contributed by atoms with van der Waals surface area (Å²) in [7, 11) is 1.66. The van der Waals surface area contributed by atoms with Gasteiger partial charge in [0.1, 0.15) is 5.82 Å². The molecule has 6 nitrogen and oxygen atoms in total. The number of amides is 1. The van der Waals surface area contributed by atoms with E-state index in [1.54, 1.807) is 7.11 Å². The standard InChI is InChI=1S/C31H35N3O3/c1-5-12-24-17-18-28(29(21-24)36-4)37-20-11-10-19-34-27-16-9-8-15-26(27)33-30(34)23(3)32-31(35)25-14-7-6-13-22(25)2/h5-9,13-18,21,23H,1,10-12,19-20H2,2-4H3,(H,32,35). The molecule has 4 aromatic rings. The molecule has 0 aliphatic heterocycles. The minimum atomic E-state index is -0.242. The Kier molecular flexibility index (Phi) is 8.62. The number of rotatable bonds is 12. The van der Waals surface area contributed by atoms with Gasteiger partial charge in [-0.1, -0.05) is 42.5 Å². The number of hydrogen-bond donors (Lipinski definition) is 1. The van der Waals surface area contributed by atoms with Crippen LogP contribution in [0.1, 0.15) is 53.1 Å². The third kappa shape index (κ3) is 6.20. The first-order valence-electron chi connectivity index (χ1n) is 12.7. The topological polar surface area (TPSA) is 65.4 Å². The van der Waals surface area contributed by atoms with E-state index in [-0.39, 0.29) is 11.9 Å². The number of imidazole rings is 1. The van der Waals surface area contributed by atoms with Crippen molar-refractivity contribution in [3.8, 4) is 11.5 Å². The molecular formula is C31H35N3O3. The Morgan fingerprint density at radius 2 is 1.86 bits per heavy atom. The van der Waals surface area contributed by atoms with E-state index >= 15 is 0 Å². The molecule has 192 valence electrons. The summed E-state index contributed by atoms with van der Waals surface area (Å²) in [6.07, 6.45) is 4.44. The SMILES string of the molecule is C=CCc1ccc(OCCCCn2c(C(C)NC(=O)c3ccccc3C)nc3ccccc32)c(OC)c1. The molecule has 1 unspecified atom stereocenters. The van der Waals surface area contributed by atoms with E-state index in [0.717, 1.165) is 65.3 Å². The molecule has 1 amide bonds. The molecule has 0 saturated carbocycles. The van der Waals surface area contributed by atoms with Crippen molar-refractivity contribution in [1.82, 2.24) is 14.9 Å². The number of ether oxygens (including phenoxy) is 2. The molecule has 4 rings (SSSR count). The summed E-state index contributed by atoms with van der Waals surface area (Å²) >= 11 is 0. The van der Waals surface area contributed by atoms with Gasteiger partial charge in [0.25, 0.3) is 5.91 Å². The van der Waals surface area contributed by atoms with Crippen LogP contribution in [0.2, 0.25) is 0 Å². The quantitative estimate of drug-likeness (QED) is 0.181. The highest BCUT2D eigenvalue weighted by atomic mass is 16.5. The summed E-state index contributed by atoms with van der Waals surface area (Å²) in [5, 5.41) is 3.14.